The molecule has 68 valence electrons. The minimum Gasteiger partial charge on any atom is -0.499 e. The van der Waals surface area contributed by atoms with Crippen molar-refractivity contribution in [3.05, 3.63) is 11.8 Å². The Hall–Kier alpha value is -0.830. The second kappa shape index (κ2) is 4.26. The summed E-state index contributed by atoms with van der Waals surface area (Å²) in [7, 11) is 3.25. The zero-order valence-corrected chi connectivity index (χ0v) is 7.45. The van der Waals surface area contributed by atoms with E-state index >= 15 is 0 Å². The molecule has 0 saturated carbocycles. The summed E-state index contributed by atoms with van der Waals surface area (Å²) < 4.78 is 10.3. The van der Waals surface area contributed by atoms with E-state index in [9.17, 15) is 4.79 Å². The van der Waals surface area contributed by atoms with Crippen LogP contribution in [0.15, 0.2) is 11.8 Å². The summed E-state index contributed by atoms with van der Waals surface area (Å²) in [5.74, 6) is 0.935. The van der Waals surface area contributed by atoms with E-state index in [4.69, 9.17) is 9.47 Å². The van der Waals surface area contributed by atoms with Crippen LogP contribution in [0, 0.1) is 5.92 Å². The molecule has 1 aliphatic carbocycles. The van der Waals surface area contributed by atoms with Crippen LogP contribution in [0.25, 0.3) is 0 Å². The van der Waals surface area contributed by atoms with Gasteiger partial charge in [-0.1, -0.05) is 0 Å². The Morgan fingerprint density at radius 1 is 1.58 bits per heavy atom. The molecule has 0 aromatic heterocycles. The number of methoxy groups -OCH3 is 2. The van der Waals surface area contributed by atoms with E-state index in [0.717, 1.165) is 24.9 Å². The summed E-state index contributed by atoms with van der Waals surface area (Å²) in [4.78, 5) is 10.5. The molecular formula is C9H14O3. The van der Waals surface area contributed by atoms with Crippen molar-refractivity contribution in [3.8, 4) is 0 Å². The van der Waals surface area contributed by atoms with Gasteiger partial charge in [0, 0.05) is 13.0 Å². The van der Waals surface area contributed by atoms with E-state index < -0.39 is 0 Å². The first-order chi connectivity index (χ1) is 5.81. The zero-order valence-electron chi connectivity index (χ0n) is 7.45. The topological polar surface area (TPSA) is 35.5 Å². The fraction of sp³-hybridized carbons (Fsp3) is 0.667. The zero-order chi connectivity index (χ0) is 8.97. The summed E-state index contributed by atoms with van der Waals surface area (Å²) in [6, 6.07) is 0. The number of carbonyl (C=O) groups excluding carboxylic acids is 1. The van der Waals surface area contributed by atoms with Crippen molar-refractivity contribution in [3.63, 3.8) is 0 Å². The van der Waals surface area contributed by atoms with Crippen molar-refractivity contribution in [1.29, 1.82) is 0 Å². The van der Waals surface area contributed by atoms with Crippen molar-refractivity contribution in [2.75, 3.05) is 14.2 Å². The first kappa shape index (κ1) is 9.26. The number of aldehydes is 1. The Labute approximate surface area is 72.4 Å². The van der Waals surface area contributed by atoms with Crippen LogP contribution >= 0.6 is 0 Å². The van der Waals surface area contributed by atoms with E-state index in [0.29, 0.717) is 0 Å². The highest BCUT2D eigenvalue weighted by Gasteiger charge is 2.24. The maximum atomic E-state index is 10.5. The Morgan fingerprint density at radius 2 is 2.33 bits per heavy atom. The van der Waals surface area contributed by atoms with Gasteiger partial charge >= 0.3 is 0 Å². The fourth-order valence-electron chi connectivity index (χ4n) is 1.42. The van der Waals surface area contributed by atoms with Crippen molar-refractivity contribution in [1.82, 2.24) is 0 Å². The largest absolute Gasteiger partial charge is 0.499 e. The minimum atomic E-state index is -0.0426. The lowest BCUT2D eigenvalue weighted by Gasteiger charge is -2.24. The number of ether oxygens (including phenoxy) is 2. The molecule has 12 heavy (non-hydrogen) atoms. The average molecular weight is 170 g/mol. The Kier molecular flexibility index (Phi) is 3.29. The number of rotatable bonds is 3. The highest BCUT2D eigenvalue weighted by atomic mass is 16.5. The lowest BCUT2D eigenvalue weighted by molar-refractivity contribution is -0.112. The van der Waals surface area contributed by atoms with Gasteiger partial charge in [-0.25, -0.2) is 0 Å². The molecule has 0 fully saturated rings. The number of hydrogen-bond donors (Lipinski definition) is 0. The molecule has 3 heteroatoms. The molecule has 0 aliphatic heterocycles. The molecule has 0 saturated heterocycles. The van der Waals surface area contributed by atoms with Crippen LogP contribution in [0.4, 0.5) is 0 Å². The molecule has 0 N–H and O–H groups in total. The molecule has 1 aliphatic rings. The van der Waals surface area contributed by atoms with Crippen LogP contribution in [0.1, 0.15) is 12.8 Å². The normalized spacial score (nSPS) is 29.3. The number of allylic oxidation sites excluding steroid dienone is 1. The first-order valence-electron chi connectivity index (χ1n) is 4.04. The molecular weight excluding hydrogens is 156 g/mol. The molecule has 0 radical (unpaired) electrons. The summed E-state index contributed by atoms with van der Waals surface area (Å²) in [5, 5.41) is 0. The molecule has 0 bridgehead atoms. The first-order valence-corrected chi connectivity index (χ1v) is 4.04. The Morgan fingerprint density at radius 3 is 2.83 bits per heavy atom. The molecule has 0 spiro atoms. The molecule has 0 aromatic carbocycles. The predicted octanol–water partition coefficient (Wildman–Crippen LogP) is 1.14. The van der Waals surface area contributed by atoms with Crippen LogP contribution in [-0.2, 0) is 14.3 Å². The quantitative estimate of drug-likeness (QED) is 0.596. The van der Waals surface area contributed by atoms with Crippen molar-refractivity contribution in [2.24, 2.45) is 5.92 Å². The smallest absolute Gasteiger partial charge is 0.123 e. The number of carbonyl (C=O) groups is 1. The van der Waals surface area contributed by atoms with E-state index in [2.05, 4.69) is 0 Å². The molecule has 1 rings (SSSR count). The van der Waals surface area contributed by atoms with Crippen LogP contribution in [-0.4, -0.2) is 26.6 Å². The van der Waals surface area contributed by atoms with Crippen molar-refractivity contribution >= 4 is 6.29 Å². The van der Waals surface area contributed by atoms with Crippen molar-refractivity contribution < 1.29 is 14.3 Å². The Bertz CT molecular complexity index is 186. The van der Waals surface area contributed by atoms with Gasteiger partial charge in [0.05, 0.1) is 7.11 Å². The van der Waals surface area contributed by atoms with E-state index in [1.807, 2.05) is 6.08 Å². The highest BCUT2D eigenvalue weighted by molar-refractivity contribution is 5.54. The van der Waals surface area contributed by atoms with Gasteiger partial charge in [0.2, 0.25) is 0 Å². The lowest BCUT2D eigenvalue weighted by atomic mass is 9.92. The predicted molar refractivity (Wildman–Crippen MR) is 44.7 cm³/mol. The number of hydrogen-bond acceptors (Lipinski definition) is 3. The molecule has 2 unspecified atom stereocenters. The third-order valence-electron chi connectivity index (χ3n) is 2.17. The van der Waals surface area contributed by atoms with Crippen LogP contribution in [0.2, 0.25) is 0 Å². The minimum absolute atomic E-state index is 0.0426. The van der Waals surface area contributed by atoms with Gasteiger partial charge < -0.3 is 14.3 Å². The summed E-state index contributed by atoms with van der Waals surface area (Å²) in [6.45, 7) is 0. The van der Waals surface area contributed by atoms with E-state index in [1.54, 1.807) is 14.2 Å². The summed E-state index contributed by atoms with van der Waals surface area (Å²) >= 11 is 0. The third kappa shape index (κ3) is 1.85. The van der Waals surface area contributed by atoms with Gasteiger partial charge in [-0.3, -0.25) is 0 Å². The molecule has 0 aromatic rings. The van der Waals surface area contributed by atoms with Crippen LogP contribution in [0.3, 0.4) is 0 Å². The van der Waals surface area contributed by atoms with Crippen LogP contribution < -0.4 is 0 Å². The molecule has 2 atom stereocenters. The fourth-order valence-corrected chi connectivity index (χ4v) is 1.42. The molecule has 3 nitrogen and oxygen atoms in total. The molecule has 0 amide bonds. The maximum absolute atomic E-state index is 10.5. The monoisotopic (exact) mass is 170 g/mol. The van der Waals surface area contributed by atoms with Gasteiger partial charge in [0.25, 0.3) is 0 Å². The molecule has 0 heterocycles. The Balaban J connectivity index is 2.63. The van der Waals surface area contributed by atoms with Crippen LogP contribution in [0.5, 0.6) is 0 Å². The summed E-state index contributed by atoms with van der Waals surface area (Å²) in [6.07, 6.45) is 4.37. The SMILES string of the molecule is COC1=CCC(C=O)CC1OC. The van der Waals surface area contributed by atoms with E-state index in [-0.39, 0.29) is 12.0 Å². The second-order valence-corrected chi connectivity index (χ2v) is 2.90. The second-order valence-electron chi connectivity index (χ2n) is 2.90. The van der Waals surface area contributed by atoms with Gasteiger partial charge in [-0.05, 0) is 18.9 Å². The van der Waals surface area contributed by atoms with Gasteiger partial charge in [0.1, 0.15) is 18.1 Å². The van der Waals surface area contributed by atoms with Gasteiger partial charge in [0.15, 0.2) is 0 Å². The van der Waals surface area contributed by atoms with Gasteiger partial charge in [-0.2, -0.15) is 0 Å². The maximum Gasteiger partial charge on any atom is 0.123 e. The standard InChI is InChI=1S/C9H14O3/c1-11-8-4-3-7(6-10)5-9(8)12-2/h4,6-7,9H,3,5H2,1-2H3. The summed E-state index contributed by atoms with van der Waals surface area (Å²) in [5.41, 5.74) is 0. The van der Waals surface area contributed by atoms with Crippen molar-refractivity contribution in [2.45, 2.75) is 18.9 Å². The highest BCUT2D eigenvalue weighted by Crippen LogP contribution is 2.24. The average Bonchev–Trinajstić information content (AvgIpc) is 2.16. The third-order valence-corrected chi connectivity index (χ3v) is 2.17. The lowest BCUT2D eigenvalue weighted by Crippen LogP contribution is -2.24. The van der Waals surface area contributed by atoms with Gasteiger partial charge in [-0.15, -0.1) is 0 Å². The van der Waals surface area contributed by atoms with E-state index in [1.165, 1.54) is 0 Å².